The molecule has 2 fully saturated rings. The van der Waals surface area contributed by atoms with Crippen molar-refractivity contribution in [3.05, 3.63) is 12.2 Å². The summed E-state index contributed by atoms with van der Waals surface area (Å²) < 4.78 is 5.61. The topological polar surface area (TPSA) is 21.3 Å². The highest BCUT2D eigenvalue weighted by molar-refractivity contribution is 5.12. The van der Waals surface area contributed by atoms with Crippen LogP contribution in [0.1, 0.15) is 25.7 Å². The van der Waals surface area contributed by atoms with Crippen LogP contribution in [-0.2, 0) is 4.74 Å². The number of rotatable bonds is 6. The molecule has 3 aliphatic carbocycles. The smallest absolute Gasteiger partial charge is 0.0591 e. The predicted molar refractivity (Wildman–Crippen MR) is 60.7 cm³/mol. The lowest BCUT2D eigenvalue weighted by atomic mass is 9.71. The molecule has 0 heterocycles. The summed E-state index contributed by atoms with van der Waals surface area (Å²) in [4.78, 5) is 0. The summed E-state index contributed by atoms with van der Waals surface area (Å²) in [7, 11) is 0. The Morgan fingerprint density at radius 2 is 2.27 bits per heavy atom. The van der Waals surface area contributed by atoms with Gasteiger partial charge in [0.25, 0.3) is 0 Å². The fourth-order valence-corrected chi connectivity index (χ4v) is 2.80. The van der Waals surface area contributed by atoms with Crippen molar-refractivity contribution in [3.63, 3.8) is 0 Å². The molecule has 2 nitrogen and oxygen atoms in total. The molecule has 84 valence electrons. The van der Waals surface area contributed by atoms with Gasteiger partial charge in [0.05, 0.1) is 6.61 Å². The van der Waals surface area contributed by atoms with E-state index >= 15 is 0 Å². The molecule has 2 saturated carbocycles. The summed E-state index contributed by atoms with van der Waals surface area (Å²) in [6.45, 7) is 2.93. The van der Waals surface area contributed by atoms with Crippen molar-refractivity contribution >= 4 is 0 Å². The molecule has 0 amide bonds. The first-order chi connectivity index (χ1) is 7.43. The second-order valence-electron chi connectivity index (χ2n) is 5.32. The lowest BCUT2D eigenvalue weighted by molar-refractivity contribution is 0.106. The molecule has 0 saturated heterocycles. The average molecular weight is 207 g/mol. The minimum absolute atomic E-state index is 0.748. The maximum Gasteiger partial charge on any atom is 0.0591 e. The first-order valence-corrected chi connectivity index (χ1v) is 6.41. The van der Waals surface area contributed by atoms with Gasteiger partial charge in [-0.25, -0.2) is 0 Å². The minimum Gasteiger partial charge on any atom is -0.380 e. The fraction of sp³-hybridized carbons (Fsp3) is 0.846. The normalized spacial score (nSPS) is 37.7. The highest BCUT2D eigenvalue weighted by Gasteiger charge is 2.40. The van der Waals surface area contributed by atoms with Crippen LogP contribution in [0.4, 0.5) is 0 Å². The Morgan fingerprint density at radius 1 is 1.33 bits per heavy atom. The Bertz CT molecular complexity index is 247. The molecule has 0 aromatic heterocycles. The maximum absolute atomic E-state index is 5.61. The predicted octanol–water partition coefficient (Wildman–Crippen LogP) is 1.97. The van der Waals surface area contributed by atoms with Crippen molar-refractivity contribution < 1.29 is 4.74 Å². The number of fused-ring (bicyclic) bond motifs is 1. The van der Waals surface area contributed by atoms with Crippen LogP contribution in [0, 0.1) is 17.8 Å². The van der Waals surface area contributed by atoms with E-state index in [1.54, 1.807) is 0 Å². The third-order valence-corrected chi connectivity index (χ3v) is 4.07. The summed E-state index contributed by atoms with van der Waals surface area (Å²) in [6, 6.07) is 0.748. The first-order valence-electron chi connectivity index (χ1n) is 6.41. The van der Waals surface area contributed by atoms with Gasteiger partial charge in [0, 0.05) is 19.2 Å². The number of allylic oxidation sites excluding steroid dienone is 1. The van der Waals surface area contributed by atoms with E-state index in [2.05, 4.69) is 17.5 Å². The lowest BCUT2D eigenvalue weighted by Gasteiger charge is -2.40. The van der Waals surface area contributed by atoms with Crippen LogP contribution in [0.15, 0.2) is 12.2 Å². The van der Waals surface area contributed by atoms with E-state index in [4.69, 9.17) is 4.74 Å². The van der Waals surface area contributed by atoms with Gasteiger partial charge in [0.2, 0.25) is 0 Å². The van der Waals surface area contributed by atoms with Gasteiger partial charge in [-0.15, -0.1) is 0 Å². The molecular weight excluding hydrogens is 186 g/mol. The zero-order chi connectivity index (χ0) is 10.1. The van der Waals surface area contributed by atoms with E-state index in [9.17, 15) is 0 Å². The summed E-state index contributed by atoms with van der Waals surface area (Å²) in [5.74, 6) is 2.71. The summed E-state index contributed by atoms with van der Waals surface area (Å²) in [6.07, 6.45) is 10.2. The Kier molecular flexibility index (Phi) is 2.80. The van der Waals surface area contributed by atoms with E-state index in [1.165, 1.54) is 25.7 Å². The fourth-order valence-electron chi connectivity index (χ4n) is 2.80. The lowest BCUT2D eigenvalue weighted by Crippen LogP contribution is -2.48. The molecule has 0 aliphatic heterocycles. The SMILES string of the molecule is C1=CC2C(C1)CC2NCCOCC1CC1. The Labute approximate surface area is 92.1 Å². The van der Waals surface area contributed by atoms with Gasteiger partial charge in [-0.05, 0) is 43.4 Å². The van der Waals surface area contributed by atoms with Gasteiger partial charge in [-0.2, -0.15) is 0 Å². The van der Waals surface area contributed by atoms with Crippen molar-refractivity contribution in [3.8, 4) is 0 Å². The van der Waals surface area contributed by atoms with Gasteiger partial charge in [0.1, 0.15) is 0 Å². The molecule has 0 radical (unpaired) electrons. The van der Waals surface area contributed by atoms with Crippen LogP contribution in [-0.4, -0.2) is 25.8 Å². The minimum atomic E-state index is 0.748. The summed E-state index contributed by atoms with van der Waals surface area (Å²) >= 11 is 0. The number of hydrogen-bond donors (Lipinski definition) is 1. The number of ether oxygens (including phenoxy) is 1. The van der Waals surface area contributed by atoms with Gasteiger partial charge in [0.15, 0.2) is 0 Å². The standard InChI is InChI=1S/C13H21NO/c1-2-11-8-13(12(11)3-1)14-6-7-15-9-10-4-5-10/h1,3,10-14H,2,4-9H2. The van der Waals surface area contributed by atoms with Gasteiger partial charge < -0.3 is 10.1 Å². The summed E-state index contributed by atoms with van der Waals surface area (Å²) in [5, 5.41) is 3.61. The zero-order valence-corrected chi connectivity index (χ0v) is 9.32. The first kappa shape index (κ1) is 9.86. The Hall–Kier alpha value is -0.340. The zero-order valence-electron chi connectivity index (χ0n) is 9.32. The summed E-state index contributed by atoms with van der Waals surface area (Å²) in [5.41, 5.74) is 0. The van der Waals surface area contributed by atoms with Crippen LogP contribution >= 0.6 is 0 Å². The van der Waals surface area contributed by atoms with E-state index in [0.29, 0.717) is 0 Å². The largest absolute Gasteiger partial charge is 0.380 e. The molecule has 0 aromatic rings. The molecule has 3 atom stereocenters. The van der Waals surface area contributed by atoms with E-state index < -0.39 is 0 Å². The van der Waals surface area contributed by atoms with Crippen LogP contribution in [0.3, 0.4) is 0 Å². The molecule has 1 N–H and O–H groups in total. The monoisotopic (exact) mass is 207 g/mol. The van der Waals surface area contributed by atoms with Crippen molar-refractivity contribution in [1.29, 1.82) is 0 Å². The third kappa shape index (κ3) is 2.26. The van der Waals surface area contributed by atoms with Gasteiger partial charge in [-0.1, -0.05) is 12.2 Å². The van der Waals surface area contributed by atoms with Crippen molar-refractivity contribution in [2.75, 3.05) is 19.8 Å². The highest BCUT2D eigenvalue weighted by Crippen LogP contribution is 2.42. The van der Waals surface area contributed by atoms with Gasteiger partial charge in [-0.3, -0.25) is 0 Å². The molecule has 3 aliphatic rings. The number of nitrogens with one attached hydrogen (secondary N) is 1. The van der Waals surface area contributed by atoms with Crippen molar-refractivity contribution in [1.82, 2.24) is 5.32 Å². The quantitative estimate of drug-likeness (QED) is 0.531. The van der Waals surface area contributed by atoms with Crippen LogP contribution < -0.4 is 5.32 Å². The second kappa shape index (κ2) is 4.26. The van der Waals surface area contributed by atoms with Crippen LogP contribution in [0.25, 0.3) is 0 Å². The second-order valence-corrected chi connectivity index (χ2v) is 5.32. The van der Waals surface area contributed by atoms with E-state index in [0.717, 1.165) is 43.6 Å². The van der Waals surface area contributed by atoms with Crippen molar-refractivity contribution in [2.24, 2.45) is 17.8 Å². The highest BCUT2D eigenvalue weighted by atomic mass is 16.5. The van der Waals surface area contributed by atoms with E-state index in [-0.39, 0.29) is 0 Å². The van der Waals surface area contributed by atoms with Crippen molar-refractivity contribution in [2.45, 2.75) is 31.7 Å². The van der Waals surface area contributed by atoms with E-state index in [1.807, 2.05) is 0 Å². The molecule has 0 spiro atoms. The molecule has 3 unspecified atom stereocenters. The number of hydrogen-bond acceptors (Lipinski definition) is 2. The van der Waals surface area contributed by atoms with Crippen LogP contribution in [0.5, 0.6) is 0 Å². The molecular formula is C13H21NO. The Balaban J connectivity index is 1.25. The van der Waals surface area contributed by atoms with Crippen LogP contribution in [0.2, 0.25) is 0 Å². The van der Waals surface area contributed by atoms with Gasteiger partial charge >= 0.3 is 0 Å². The maximum atomic E-state index is 5.61. The molecule has 0 bridgehead atoms. The average Bonchev–Trinajstić information content (AvgIpc) is 2.96. The molecule has 0 aromatic carbocycles. The Morgan fingerprint density at radius 3 is 3.07 bits per heavy atom. The molecule has 3 rings (SSSR count). The molecule has 15 heavy (non-hydrogen) atoms. The third-order valence-electron chi connectivity index (χ3n) is 4.07. The molecule has 2 heteroatoms.